The predicted octanol–water partition coefficient (Wildman–Crippen LogP) is 2.05. The second-order valence-corrected chi connectivity index (χ2v) is 3.65. The van der Waals surface area contributed by atoms with Crippen LogP contribution in [0.3, 0.4) is 0 Å². The zero-order valence-corrected chi connectivity index (χ0v) is 8.90. The van der Waals surface area contributed by atoms with Gasteiger partial charge in [0.2, 0.25) is 0 Å². The average Bonchev–Trinajstić information content (AvgIpc) is 2.78. The SMILES string of the molecule is N#Cc1ccc(-c2cc(CCN)c[nH]2)cc1. The molecule has 0 aliphatic carbocycles. The van der Waals surface area contributed by atoms with E-state index in [4.69, 9.17) is 11.0 Å². The van der Waals surface area contributed by atoms with E-state index in [1.807, 2.05) is 30.5 Å². The maximum Gasteiger partial charge on any atom is 0.0991 e. The summed E-state index contributed by atoms with van der Waals surface area (Å²) in [6.45, 7) is 0.657. The lowest BCUT2D eigenvalue weighted by atomic mass is 10.1. The summed E-state index contributed by atoms with van der Waals surface area (Å²) in [7, 11) is 0. The van der Waals surface area contributed by atoms with E-state index in [0.717, 1.165) is 17.7 Å². The highest BCUT2D eigenvalue weighted by molar-refractivity contribution is 5.61. The molecule has 0 amide bonds. The van der Waals surface area contributed by atoms with Crippen LogP contribution < -0.4 is 5.73 Å². The molecule has 0 spiro atoms. The van der Waals surface area contributed by atoms with Crippen molar-refractivity contribution in [2.75, 3.05) is 6.54 Å². The predicted molar refractivity (Wildman–Crippen MR) is 63.7 cm³/mol. The van der Waals surface area contributed by atoms with Crippen LogP contribution in [-0.2, 0) is 6.42 Å². The maximum atomic E-state index is 8.70. The smallest absolute Gasteiger partial charge is 0.0991 e. The summed E-state index contributed by atoms with van der Waals surface area (Å²) in [5.74, 6) is 0. The molecule has 3 heteroatoms. The summed E-state index contributed by atoms with van der Waals surface area (Å²) in [5, 5.41) is 8.70. The zero-order valence-electron chi connectivity index (χ0n) is 8.90. The first kappa shape index (κ1) is 10.5. The Bertz CT molecular complexity index is 503. The van der Waals surface area contributed by atoms with Gasteiger partial charge in [-0.25, -0.2) is 0 Å². The van der Waals surface area contributed by atoms with Crippen molar-refractivity contribution in [3.05, 3.63) is 47.7 Å². The minimum Gasteiger partial charge on any atom is -0.361 e. The molecule has 0 radical (unpaired) electrons. The molecule has 80 valence electrons. The van der Waals surface area contributed by atoms with Crippen LogP contribution in [0.1, 0.15) is 11.1 Å². The van der Waals surface area contributed by atoms with Gasteiger partial charge in [0, 0.05) is 11.9 Å². The Morgan fingerprint density at radius 1 is 1.25 bits per heavy atom. The highest BCUT2D eigenvalue weighted by atomic mass is 14.7. The lowest BCUT2D eigenvalue weighted by molar-refractivity contribution is 0.971. The standard InChI is InChI=1S/C13H13N3/c14-6-5-11-7-13(16-9-11)12-3-1-10(8-15)2-4-12/h1-4,7,9,16H,5-6,14H2. The van der Waals surface area contributed by atoms with Gasteiger partial charge in [0.25, 0.3) is 0 Å². The summed E-state index contributed by atoms with van der Waals surface area (Å²) in [4.78, 5) is 3.21. The number of hydrogen-bond donors (Lipinski definition) is 2. The fourth-order valence-corrected chi connectivity index (χ4v) is 1.64. The van der Waals surface area contributed by atoms with Crippen molar-refractivity contribution in [2.24, 2.45) is 5.73 Å². The molecule has 1 aromatic heterocycles. The van der Waals surface area contributed by atoms with E-state index >= 15 is 0 Å². The average molecular weight is 211 g/mol. The molecule has 1 aromatic carbocycles. The molecule has 3 N–H and O–H groups in total. The molecule has 2 aromatic rings. The Kier molecular flexibility index (Phi) is 3.04. The number of hydrogen-bond acceptors (Lipinski definition) is 2. The first-order valence-electron chi connectivity index (χ1n) is 5.21. The van der Waals surface area contributed by atoms with Crippen LogP contribution in [0.2, 0.25) is 0 Å². The van der Waals surface area contributed by atoms with E-state index in [-0.39, 0.29) is 0 Å². The molecule has 0 saturated heterocycles. The maximum absolute atomic E-state index is 8.70. The Hall–Kier alpha value is -2.05. The van der Waals surface area contributed by atoms with E-state index < -0.39 is 0 Å². The zero-order chi connectivity index (χ0) is 11.4. The van der Waals surface area contributed by atoms with Crippen molar-refractivity contribution in [3.8, 4) is 17.3 Å². The van der Waals surface area contributed by atoms with E-state index in [9.17, 15) is 0 Å². The number of rotatable bonds is 3. The first-order chi connectivity index (χ1) is 7.83. The van der Waals surface area contributed by atoms with Crippen LogP contribution in [-0.4, -0.2) is 11.5 Å². The molecule has 16 heavy (non-hydrogen) atoms. The molecule has 0 aliphatic heterocycles. The topological polar surface area (TPSA) is 65.6 Å². The first-order valence-corrected chi connectivity index (χ1v) is 5.21. The van der Waals surface area contributed by atoms with Crippen molar-refractivity contribution in [2.45, 2.75) is 6.42 Å². The van der Waals surface area contributed by atoms with E-state index in [2.05, 4.69) is 17.1 Å². The van der Waals surface area contributed by atoms with Crippen molar-refractivity contribution in [1.82, 2.24) is 4.98 Å². The quantitative estimate of drug-likeness (QED) is 0.816. The second kappa shape index (κ2) is 4.65. The van der Waals surface area contributed by atoms with Crippen LogP contribution in [0.5, 0.6) is 0 Å². The monoisotopic (exact) mass is 211 g/mol. The van der Waals surface area contributed by atoms with Gasteiger partial charge in [0.05, 0.1) is 11.6 Å². The van der Waals surface area contributed by atoms with Gasteiger partial charge < -0.3 is 10.7 Å². The lowest BCUT2D eigenvalue weighted by Gasteiger charge is -1.97. The highest BCUT2D eigenvalue weighted by Gasteiger charge is 2.01. The Balaban J connectivity index is 2.25. The van der Waals surface area contributed by atoms with Gasteiger partial charge in [0.1, 0.15) is 0 Å². The minimum atomic E-state index is 0.657. The number of nitrogens with two attached hydrogens (primary N) is 1. The van der Waals surface area contributed by atoms with E-state index in [0.29, 0.717) is 12.1 Å². The largest absolute Gasteiger partial charge is 0.361 e. The Labute approximate surface area is 94.5 Å². The van der Waals surface area contributed by atoms with Crippen LogP contribution in [0, 0.1) is 11.3 Å². The van der Waals surface area contributed by atoms with Gasteiger partial charge in [-0.15, -0.1) is 0 Å². The highest BCUT2D eigenvalue weighted by Crippen LogP contribution is 2.19. The number of H-pyrrole nitrogens is 1. The third kappa shape index (κ3) is 2.13. The summed E-state index contributed by atoms with van der Waals surface area (Å²) in [6.07, 6.45) is 2.85. The number of aromatic amines is 1. The van der Waals surface area contributed by atoms with Gasteiger partial charge >= 0.3 is 0 Å². The third-order valence-corrected chi connectivity index (χ3v) is 2.50. The second-order valence-electron chi connectivity index (χ2n) is 3.65. The molecule has 0 bridgehead atoms. The number of nitrogens with zero attached hydrogens (tertiary/aromatic N) is 1. The van der Waals surface area contributed by atoms with E-state index in [1.54, 1.807) is 0 Å². The molecule has 0 atom stereocenters. The lowest BCUT2D eigenvalue weighted by Crippen LogP contribution is -2.01. The fraction of sp³-hybridized carbons (Fsp3) is 0.154. The van der Waals surface area contributed by atoms with Crippen molar-refractivity contribution in [3.63, 3.8) is 0 Å². The van der Waals surface area contributed by atoms with Crippen molar-refractivity contribution < 1.29 is 0 Å². The summed E-state index contributed by atoms with van der Waals surface area (Å²) < 4.78 is 0. The molecule has 0 saturated carbocycles. The minimum absolute atomic E-state index is 0.657. The molecular formula is C13H13N3. The fourth-order valence-electron chi connectivity index (χ4n) is 1.64. The number of nitriles is 1. The van der Waals surface area contributed by atoms with Gasteiger partial charge in [0.15, 0.2) is 0 Å². The van der Waals surface area contributed by atoms with Gasteiger partial charge in [-0.05, 0) is 42.3 Å². The van der Waals surface area contributed by atoms with Crippen LogP contribution in [0.25, 0.3) is 11.3 Å². The van der Waals surface area contributed by atoms with Crippen LogP contribution in [0.4, 0.5) is 0 Å². The third-order valence-electron chi connectivity index (χ3n) is 2.50. The van der Waals surface area contributed by atoms with Gasteiger partial charge in [-0.3, -0.25) is 0 Å². The van der Waals surface area contributed by atoms with Crippen molar-refractivity contribution in [1.29, 1.82) is 5.26 Å². The Morgan fingerprint density at radius 2 is 2.00 bits per heavy atom. The number of aromatic nitrogens is 1. The van der Waals surface area contributed by atoms with Gasteiger partial charge in [-0.1, -0.05) is 12.1 Å². The molecule has 1 heterocycles. The summed E-state index contributed by atoms with van der Waals surface area (Å²) >= 11 is 0. The van der Waals surface area contributed by atoms with Crippen molar-refractivity contribution >= 4 is 0 Å². The van der Waals surface area contributed by atoms with Gasteiger partial charge in [-0.2, -0.15) is 5.26 Å². The molecule has 2 rings (SSSR count). The summed E-state index contributed by atoms with van der Waals surface area (Å²) in [5.41, 5.74) is 9.53. The Morgan fingerprint density at radius 3 is 2.62 bits per heavy atom. The number of benzene rings is 1. The molecule has 0 unspecified atom stereocenters. The molecule has 0 fully saturated rings. The molecule has 0 aliphatic rings. The number of nitrogens with one attached hydrogen (secondary N) is 1. The summed E-state index contributed by atoms with van der Waals surface area (Å²) in [6, 6.07) is 11.7. The molecule has 3 nitrogen and oxygen atoms in total. The molecular weight excluding hydrogens is 198 g/mol. The van der Waals surface area contributed by atoms with Crippen LogP contribution >= 0.6 is 0 Å². The normalized spacial score (nSPS) is 10.0. The van der Waals surface area contributed by atoms with E-state index in [1.165, 1.54) is 5.56 Å². The van der Waals surface area contributed by atoms with Crippen LogP contribution in [0.15, 0.2) is 36.5 Å².